The zero-order valence-corrected chi connectivity index (χ0v) is 39.0. The summed E-state index contributed by atoms with van der Waals surface area (Å²) < 4.78 is 295. The van der Waals surface area contributed by atoms with Gasteiger partial charge in [-0.25, -0.2) is 0 Å². The van der Waals surface area contributed by atoms with E-state index in [0.717, 1.165) is 9.80 Å². The molecule has 11 heteroatoms. The third-order valence-electron chi connectivity index (χ3n) is 15.7. The van der Waals surface area contributed by atoms with Crippen molar-refractivity contribution in [2.75, 3.05) is 14.7 Å². The molecule has 11 aromatic carbocycles. The van der Waals surface area contributed by atoms with Gasteiger partial charge in [-0.2, -0.15) is 0 Å². The van der Waals surface area contributed by atoms with E-state index in [9.17, 15) is 30.2 Å². The highest BCUT2D eigenvalue weighted by Crippen LogP contribution is 2.51. The lowest BCUT2D eigenvalue weighted by atomic mass is 9.27. The molecule has 19 rings (SSSR count). The summed E-state index contributed by atoms with van der Waals surface area (Å²) >= 11 is 0. The number of hydrogen-bond acceptors (Lipinski definition) is 7. The summed E-state index contributed by atoms with van der Waals surface area (Å²) in [6.07, 6.45) is 0. The SMILES string of the molecule is [2H]c1c([2H])c([2H])c(N2c3cc4c5c6c3B(c3cc7c(c([2H])c3N6c3c(cc6c(c3[2H])Oc3cccc8c3B6c3c([2H])c([2H])c([2H])c([2H])c3O8)B5c3c([2H])c([2H])c([2H])c([2H])c3N4c3c([2H])c([2H])c([2H])c([2H])c3[2H])Oc3cccc4c3B7c3c([2H])c([2H])c([2H])c([2H])c3O4)c3c([2H])c([2H])c([2H])c([2H])c32)c([2H])c1[2H]. The molecule has 0 N–H and O–H groups in total. The molecule has 0 saturated carbocycles. The van der Waals surface area contributed by atoms with Gasteiger partial charge < -0.3 is 33.6 Å². The maximum atomic E-state index is 11.1. The lowest BCUT2D eigenvalue weighted by molar-refractivity contribution is 0.464. The average Bonchev–Trinajstić information content (AvgIpc) is 0.651. The first-order valence-corrected chi connectivity index (χ1v) is 24.3. The Hall–Kier alpha value is -9.72. The smallest absolute Gasteiger partial charge is 0.260 e. The van der Waals surface area contributed by atoms with E-state index in [2.05, 4.69) is 0 Å². The molecule has 0 unspecified atom stereocenters. The molecule has 0 saturated heterocycles. The Morgan fingerprint density at radius 2 is 0.662 bits per heavy atom. The van der Waals surface area contributed by atoms with Crippen LogP contribution in [0.2, 0.25) is 0 Å². The zero-order chi connectivity index (χ0) is 74.1. The van der Waals surface area contributed by atoms with Crippen LogP contribution in [0.25, 0.3) is 0 Å². The summed E-state index contributed by atoms with van der Waals surface area (Å²) in [5.74, 6) is -0.829. The van der Waals surface area contributed by atoms with Gasteiger partial charge in [-0.05, 0) is 133 Å². The highest BCUT2D eigenvalue weighted by Gasteiger charge is 2.54. The Kier molecular flexibility index (Phi) is 4.36. The summed E-state index contributed by atoms with van der Waals surface area (Å²) in [4.78, 5) is 3.46. The highest BCUT2D eigenvalue weighted by molar-refractivity contribution is 7.06. The van der Waals surface area contributed by atoms with Crippen LogP contribution in [-0.4, -0.2) is 26.9 Å². The summed E-state index contributed by atoms with van der Waals surface area (Å²) in [5, 5.41) is 0. The van der Waals surface area contributed by atoms with Crippen molar-refractivity contribution >= 4 is 144 Å². The van der Waals surface area contributed by atoms with E-state index in [-0.39, 0.29) is 140 Å². The van der Waals surface area contributed by atoms with E-state index in [1.807, 2.05) is 0 Å². The first-order chi connectivity index (χ1) is 49.8. The number of hydrogen-bond donors (Lipinski definition) is 0. The molecular formula is C66H37B4N3O4. The molecule has 11 aromatic rings. The van der Waals surface area contributed by atoms with Gasteiger partial charge in [0.15, 0.2) is 0 Å². The Morgan fingerprint density at radius 1 is 0.286 bits per heavy atom. The molecule has 0 spiro atoms. The molecule has 0 radical (unpaired) electrons. The summed E-state index contributed by atoms with van der Waals surface area (Å²) in [6, 6.07) is -8.16. The van der Waals surface area contributed by atoms with Gasteiger partial charge in [0.25, 0.3) is 26.9 Å². The molecule has 352 valence electrons. The number of benzene rings is 11. The average molecular weight is 1010 g/mol. The summed E-state index contributed by atoms with van der Waals surface area (Å²) in [5.41, 5.74) is -4.62. The van der Waals surface area contributed by atoms with Gasteiger partial charge in [0.05, 0.1) is 38.4 Å². The quantitative estimate of drug-likeness (QED) is 0.164. The minimum Gasteiger partial charge on any atom is -0.458 e. The first-order valence-electron chi connectivity index (χ1n) is 38.3. The molecule has 0 aliphatic carbocycles. The Bertz CT molecular complexity index is 5790. The van der Waals surface area contributed by atoms with Crippen molar-refractivity contribution in [3.05, 3.63) is 224 Å². The summed E-state index contributed by atoms with van der Waals surface area (Å²) in [6.45, 7) is -6.06. The third kappa shape index (κ3) is 5.16. The molecule has 8 aliphatic heterocycles. The van der Waals surface area contributed by atoms with Gasteiger partial charge in [0.2, 0.25) is 0 Å². The Morgan fingerprint density at radius 3 is 1.12 bits per heavy atom. The molecule has 0 bridgehead atoms. The number of rotatable bonds is 2. The molecule has 0 fully saturated rings. The molecular weight excluding hydrogens is 942 g/mol. The lowest BCUT2D eigenvalue weighted by Gasteiger charge is -2.51. The third-order valence-corrected chi connectivity index (χ3v) is 15.7. The van der Waals surface area contributed by atoms with E-state index in [1.54, 1.807) is 36.4 Å². The predicted molar refractivity (Wildman–Crippen MR) is 315 cm³/mol. The molecule has 8 heterocycles. The number of ether oxygens (including phenoxy) is 4. The van der Waals surface area contributed by atoms with E-state index in [1.165, 1.54) is 23.1 Å². The van der Waals surface area contributed by atoms with Crippen molar-refractivity contribution in [2.45, 2.75) is 0 Å². The number of para-hydroxylation sites is 6. The van der Waals surface area contributed by atoms with Gasteiger partial charge in [-0.3, -0.25) is 0 Å². The van der Waals surface area contributed by atoms with Gasteiger partial charge >= 0.3 is 0 Å². The van der Waals surface area contributed by atoms with Crippen LogP contribution in [0.15, 0.2) is 224 Å². The van der Waals surface area contributed by atoms with Crippen molar-refractivity contribution in [3.63, 3.8) is 0 Å². The molecule has 0 aromatic heterocycles. The Balaban J connectivity index is 1.06. The second-order valence-electron chi connectivity index (χ2n) is 19.2. The van der Waals surface area contributed by atoms with Crippen LogP contribution >= 0.6 is 0 Å². The monoisotopic (exact) mass is 1010 g/mol. The van der Waals surface area contributed by atoms with Crippen LogP contribution in [0.3, 0.4) is 0 Å². The van der Waals surface area contributed by atoms with Crippen LogP contribution in [0.4, 0.5) is 51.2 Å². The first kappa shape index (κ1) is 23.0. The largest absolute Gasteiger partial charge is 0.458 e. The highest BCUT2D eigenvalue weighted by atomic mass is 16.5. The lowest BCUT2D eigenvalue weighted by Crippen LogP contribution is -2.70. The van der Waals surface area contributed by atoms with E-state index >= 15 is 0 Å². The van der Waals surface area contributed by atoms with Crippen molar-refractivity contribution in [1.82, 2.24) is 0 Å². The van der Waals surface area contributed by atoms with Gasteiger partial charge in [0, 0.05) is 74.2 Å². The fourth-order valence-electron chi connectivity index (χ4n) is 12.9. The van der Waals surface area contributed by atoms with E-state index < -0.39 is 219 Å². The second kappa shape index (κ2) is 14.6. The zero-order valence-electron chi connectivity index (χ0n) is 67.0. The fraction of sp³-hybridized carbons (Fsp3) is 0. The number of anilines is 9. The second-order valence-corrected chi connectivity index (χ2v) is 19.2. The predicted octanol–water partition coefficient (Wildman–Crippen LogP) is 7.84. The topological polar surface area (TPSA) is 46.6 Å². The van der Waals surface area contributed by atoms with Crippen LogP contribution in [0, 0.1) is 0 Å². The minimum atomic E-state index is -1.72. The maximum absolute atomic E-state index is 11.1. The number of fused-ring (bicyclic) bond motifs is 18. The van der Waals surface area contributed by atoms with Crippen molar-refractivity contribution in [3.8, 4) is 46.0 Å². The fourth-order valence-corrected chi connectivity index (χ4v) is 12.9. The molecule has 7 nitrogen and oxygen atoms in total. The standard InChI is InChI=1S/C66H37B4N3O4/c1-3-17-38(18-4-1)71-48-25-11-7-21-40(48)67-44-33-46-60(76-58-31-15-29-56-64(58)69(46)42-23-9-13-27-54(42)74-56)36-50(44)73-51-37-61-47(70-43-24-10-14-28-55(43)75-57-30-16-32-59(77-61)65(57)70)34-45(51)68-41-22-8-12-26-49(41)72(39-19-5-2-6-20-39)53-35-52(71)62(67)66(73)63(53)68/h1-37H/i1D,2D,3D,4D,5D,6D,7D,8D,9D,10D,11D,12D,13D,14D,17D,18D,19D,20D,21D,22D,23D,24D,25D,26D,27D,28D,36D,37D. The molecule has 8 aliphatic rings. The van der Waals surface area contributed by atoms with E-state index in [0.29, 0.717) is 0 Å². The molecule has 0 atom stereocenters. The molecule has 0 amide bonds. The van der Waals surface area contributed by atoms with Crippen LogP contribution < -0.4 is 99.2 Å². The van der Waals surface area contributed by atoms with Gasteiger partial charge in [0.1, 0.15) is 46.0 Å². The summed E-state index contributed by atoms with van der Waals surface area (Å²) in [7, 11) is 0. The van der Waals surface area contributed by atoms with Crippen molar-refractivity contribution < 1.29 is 57.3 Å². The maximum Gasteiger partial charge on any atom is 0.260 e. The normalized spacial score (nSPS) is 19.8. The molecule has 77 heavy (non-hydrogen) atoms. The van der Waals surface area contributed by atoms with Crippen LogP contribution in [0.5, 0.6) is 46.0 Å². The van der Waals surface area contributed by atoms with E-state index in [4.69, 9.17) is 27.2 Å². The minimum absolute atomic E-state index is 0.0362. The van der Waals surface area contributed by atoms with Crippen LogP contribution in [-0.2, 0) is 0 Å². The Labute approximate surface area is 484 Å². The number of nitrogens with zero attached hydrogens (tertiary/aromatic N) is 3. The van der Waals surface area contributed by atoms with Crippen molar-refractivity contribution in [1.29, 1.82) is 0 Å². The van der Waals surface area contributed by atoms with Crippen LogP contribution in [0.1, 0.15) is 38.4 Å². The van der Waals surface area contributed by atoms with Crippen molar-refractivity contribution in [2.24, 2.45) is 0 Å². The van der Waals surface area contributed by atoms with Gasteiger partial charge in [-0.1, -0.05) is 133 Å². The van der Waals surface area contributed by atoms with Gasteiger partial charge in [-0.15, -0.1) is 0 Å².